The first-order valence-corrected chi connectivity index (χ1v) is 9.01. The van der Waals surface area contributed by atoms with Crippen LogP contribution in [-0.4, -0.2) is 23.3 Å². The third-order valence-corrected chi connectivity index (χ3v) is 4.98. The molecule has 0 spiro atoms. The normalized spacial score (nSPS) is 15.2. The summed E-state index contributed by atoms with van der Waals surface area (Å²) < 4.78 is 0. The molecule has 2 aromatic carbocycles. The minimum atomic E-state index is -0.510. The quantitative estimate of drug-likeness (QED) is 0.633. The zero-order valence-corrected chi connectivity index (χ0v) is 16.0. The summed E-state index contributed by atoms with van der Waals surface area (Å²) in [7, 11) is 0. The second-order valence-electron chi connectivity index (χ2n) is 7.02. The summed E-state index contributed by atoms with van der Waals surface area (Å²) in [5, 5.41) is 15.3. The number of benzene rings is 2. The van der Waals surface area contributed by atoms with Crippen LogP contribution in [0.2, 0.25) is 0 Å². The van der Waals surface area contributed by atoms with Crippen LogP contribution in [0.1, 0.15) is 33.5 Å². The zero-order chi connectivity index (χ0) is 20.4. The highest BCUT2D eigenvalue weighted by Crippen LogP contribution is 2.19. The van der Waals surface area contributed by atoms with Gasteiger partial charge in [0.05, 0.1) is 16.2 Å². The molecule has 0 radical (unpaired) electrons. The minimum Gasteiger partial charge on any atom is -0.352 e. The second-order valence-corrected chi connectivity index (χ2v) is 7.02. The molecule has 1 aliphatic heterocycles. The molecule has 7 heteroatoms. The van der Waals surface area contributed by atoms with Gasteiger partial charge in [-0.2, -0.15) is 0 Å². The van der Waals surface area contributed by atoms with Gasteiger partial charge in [-0.25, -0.2) is 4.99 Å². The molecule has 1 heterocycles. The van der Waals surface area contributed by atoms with E-state index in [0.717, 1.165) is 16.3 Å². The molecule has 1 N–H and O–H groups in total. The Morgan fingerprint density at radius 1 is 1.14 bits per heavy atom. The van der Waals surface area contributed by atoms with Crippen molar-refractivity contribution in [1.82, 2.24) is 5.32 Å². The number of nitrogens with one attached hydrogen (secondary N) is 1. The number of fused-ring (bicyclic) bond motifs is 1. The summed E-state index contributed by atoms with van der Waals surface area (Å²) in [5.41, 5.74) is 2.84. The van der Waals surface area contributed by atoms with Crippen molar-refractivity contribution >= 4 is 23.6 Å². The van der Waals surface area contributed by atoms with Crippen LogP contribution >= 0.6 is 0 Å². The summed E-state index contributed by atoms with van der Waals surface area (Å²) in [6, 6.07) is 8.27. The van der Waals surface area contributed by atoms with Gasteiger partial charge in [0, 0.05) is 23.7 Å². The van der Waals surface area contributed by atoms with E-state index < -0.39 is 16.7 Å². The molecule has 2 amide bonds. The van der Waals surface area contributed by atoms with Crippen LogP contribution < -0.4 is 15.9 Å². The Morgan fingerprint density at radius 2 is 1.86 bits per heavy atom. The molecule has 0 saturated heterocycles. The Morgan fingerprint density at radius 3 is 2.57 bits per heavy atom. The Hall–Kier alpha value is -3.35. The maximum atomic E-state index is 12.3. The topological polar surface area (TPSA) is 102 Å². The molecule has 7 nitrogen and oxygen atoms in total. The molecule has 0 saturated carbocycles. The SMILES string of the molecule is Cc1cc2c(cc1C)=NC(=O)C(CCNC(=O)c1ccc(C)c([N+](=O)[O-])c1)C=2. The van der Waals surface area contributed by atoms with Gasteiger partial charge in [0.25, 0.3) is 17.5 Å². The molecule has 1 aliphatic rings. The van der Waals surface area contributed by atoms with Gasteiger partial charge in [-0.05, 0) is 61.7 Å². The molecule has 3 rings (SSSR count). The predicted molar refractivity (Wildman–Crippen MR) is 104 cm³/mol. The highest BCUT2D eigenvalue weighted by atomic mass is 16.6. The van der Waals surface area contributed by atoms with Crippen molar-refractivity contribution in [2.75, 3.05) is 6.54 Å². The molecule has 28 heavy (non-hydrogen) atoms. The number of carbonyl (C=O) groups is 2. The van der Waals surface area contributed by atoms with E-state index in [2.05, 4.69) is 10.3 Å². The molecule has 1 atom stereocenters. The van der Waals surface area contributed by atoms with Crippen molar-refractivity contribution in [3.05, 3.63) is 73.3 Å². The fourth-order valence-electron chi connectivity index (χ4n) is 3.14. The summed E-state index contributed by atoms with van der Waals surface area (Å²) in [6.45, 7) is 5.88. The molecule has 1 unspecified atom stereocenters. The fraction of sp³-hybridized carbons (Fsp3) is 0.286. The van der Waals surface area contributed by atoms with Crippen LogP contribution in [0.25, 0.3) is 6.08 Å². The summed E-state index contributed by atoms with van der Waals surface area (Å²) >= 11 is 0. The summed E-state index contributed by atoms with van der Waals surface area (Å²) in [6.07, 6.45) is 2.30. The van der Waals surface area contributed by atoms with Crippen LogP contribution in [0.15, 0.2) is 35.3 Å². The molecule has 0 fully saturated rings. The molecule has 0 aliphatic carbocycles. The molecule has 0 bridgehead atoms. The maximum Gasteiger partial charge on any atom is 0.273 e. The Labute approximate surface area is 161 Å². The van der Waals surface area contributed by atoms with E-state index in [9.17, 15) is 19.7 Å². The lowest BCUT2D eigenvalue weighted by atomic mass is 9.98. The standard InChI is InChI=1S/C21H21N3O4/c1-12-4-5-15(11-19(12)24(27)28)20(25)22-7-6-16-10-17-8-13(2)14(3)9-18(17)23-21(16)26/h4-5,8-11,16H,6-7H2,1-3H3,(H,22,25). The van der Waals surface area contributed by atoms with E-state index in [1.807, 2.05) is 32.1 Å². The van der Waals surface area contributed by atoms with Crippen LogP contribution in [0.3, 0.4) is 0 Å². The highest BCUT2D eigenvalue weighted by molar-refractivity contribution is 5.95. The molecular weight excluding hydrogens is 358 g/mol. The lowest BCUT2D eigenvalue weighted by Crippen LogP contribution is -2.36. The van der Waals surface area contributed by atoms with Gasteiger partial charge in [0.15, 0.2) is 0 Å². The number of nitrogens with zero attached hydrogens (tertiary/aromatic N) is 2. The monoisotopic (exact) mass is 379 g/mol. The van der Waals surface area contributed by atoms with Gasteiger partial charge in [-0.1, -0.05) is 12.1 Å². The van der Waals surface area contributed by atoms with Crippen LogP contribution in [-0.2, 0) is 4.79 Å². The number of aryl methyl sites for hydroxylation is 3. The van der Waals surface area contributed by atoms with Crippen molar-refractivity contribution in [2.45, 2.75) is 27.2 Å². The average molecular weight is 379 g/mol. The van der Waals surface area contributed by atoms with Gasteiger partial charge in [-0.3, -0.25) is 19.7 Å². The van der Waals surface area contributed by atoms with E-state index in [4.69, 9.17) is 0 Å². The number of hydrogen-bond acceptors (Lipinski definition) is 4. The van der Waals surface area contributed by atoms with Gasteiger partial charge in [0.2, 0.25) is 0 Å². The molecular formula is C21H21N3O4. The first-order chi connectivity index (χ1) is 13.3. The van der Waals surface area contributed by atoms with Crippen LogP contribution in [0.5, 0.6) is 0 Å². The van der Waals surface area contributed by atoms with E-state index in [1.165, 1.54) is 6.07 Å². The van der Waals surface area contributed by atoms with Crippen molar-refractivity contribution in [1.29, 1.82) is 0 Å². The fourth-order valence-corrected chi connectivity index (χ4v) is 3.14. The van der Waals surface area contributed by atoms with Crippen molar-refractivity contribution < 1.29 is 14.5 Å². The number of nitro benzene ring substituents is 1. The summed E-state index contributed by atoms with van der Waals surface area (Å²) in [4.78, 5) is 39.2. The van der Waals surface area contributed by atoms with Crippen molar-refractivity contribution in [3.8, 4) is 0 Å². The van der Waals surface area contributed by atoms with E-state index >= 15 is 0 Å². The van der Waals surface area contributed by atoms with Gasteiger partial charge in [-0.15, -0.1) is 0 Å². The van der Waals surface area contributed by atoms with Gasteiger partial charge >= 0.3 is 0 Å². The Balaban J connectivity index is 1.68. The summed E-state index contributed by atoms with van der Waals surface area (Å²) in [5.74, 6) is -1.03. The van der Waals surface area contributed by atoms with E-state index in [0.29, 0.717) is 17.3 Å². The Kier molecular flexibility index (Phi) is 5.35. The van der Waals surface area contributed by atoms with Gasteiger partial charge in [0.1, 0.15) is 0 Å². The number of carbonyl (C=O) groups excluding carboxylic acids is 2. The third-order valence-electron chi connectivity index (χ3n) is 4.98. The van der Waals surface area contributed by atoms with Crippen LogP contribution in [0.4, 0.5) is 5.69 Å². The van der Waals surface area contributed by atoms with E-state index in [-0.39, 0.29) is 23.7 Å². The van der Waals surface area contributed by atoms with Gasteiger partial charge < -0.3 is 5.32 Å². The first kappa shape index (κ1) is 19.4. The maximum absolute atomic E-state index is 12.3. The lowest BCUT2D eigenvalue weighted by molar-refractivity contribution is -0.385. The molecule has 144 valence electrons. The van der Waals surface area contributed by atoms with Crippen LogP contribution in [0, 0.1) is 36.8 Å². The second kappa shape index (κ2) is 7.72. The smallest absolute Gasteiger partial charge is 0.273 e. The van der Waals surface area contributed by atoms with E-state index in [1.54, 1.807) is 19.1 Å². The number of hydrogen-bond donors (Lipinski definition) is 1. The minimum absolute atomic E-state index is 0.0930. The largest absolute Gasteiger partial charge is 0.352 e. The number of nitro groups is 1. The highest BCUT2D eigenvalue weighted by Gasteiger charge is 2.19. The third kappa shape index (κ3) is 3.98. The lowest BCUT2D eigenvalue weighted by Gasteiger charge is -2.13. The average Bonchev–Trinajstić information content (AvgIpc) is 2.64. The predicted octanol–water partition coefficient (Wildman–Crippen LogP) is 1.90. The Bertz CT molecular complexity index is 1110. The molecule has 2 aromatic rings. The number of amides is 2. The van der Waals surface area contributed by atoms with Crippen molar-refractivity contribution in [3.63, 3.8) is 0 Å². The first-order valence-electron chi connectivity index (χ1n) is 9.01. The van der Waals surface area contributed by atoms with Crippen molar-refractivity contribution in [2.24, 2.45) is 10.9 Å². The zero-order valence-electron chi connectivity index (χ0n) is 16.0. The molecule has 0 aromatic heterocycles. The number of rotatable bonds is 5.